The number of hydrogen-bond donors (Lipinski definition) is 2. The maximum absolute atomic E-state index is 13.5. The molecule has 224 valence electrons. The van der Waals surface area contributed by atoms with Crippen LogP contribution in [0.15, 0.2) is 0 Å². The van der Waals surface area contributed by atoms with Crippen molar-refractivity contribution in [2.75, 3.05) is 11.5 Å². The third-order valence-corrected chi connectivity index (χ3v) is 5.24. The number of hydrogen-bond acceptors (Lipinski definition) is 3. The number of aliphatic hydroxyl groups is 1. The van der Waals surface area contributed by atoms with E-state index in [1.54, 1.807) is 0 Å². The minimum absolute atomic E-state index is 0.00427. The quantitative estimate of drug-likeness (QED) is 0.185. The summed E-state index contributed by atoms with van der Waals surface area (Å²) in [6.07, 6.45) is -11.5. The van der Waals surface area contributed by atoms with Gasteiger partial charge in [0.05, 0.1) is 6.10 Å². The molecule has 0 aliphatic carbocycles. The molecule has 37 heavy (non-hydrogen) atoms. The van der Waals surface area contributed by atoms with E-state index in [1.165, 1.54) is 6.92 Å². The van der Waals surface area contributed by atoms with Gasteiger partial charge in [-0.15, -0.1) is 0 Å². The average molecular weight is 612 g/mol. The van der Waals surface area contributed by atoms with Gasteiger partial charge < -0.3 is 10.2 Å². The molecule has 0 rings (SSSR count). The highest BCUT2D eigenvalue weighted by Crippen LogP contribution is 2.64. The fourth-order valence-electron chi connectivity index (χ4n) is 1.89. The van der Waals surface area contributed by atoms with E-state index < -0.39 is 77.6 Å². The number of carboxylic acid groups (broad SMARTS) is 1. The molecule has 0 aromatic rings. The normalized spacial score (nSPS) is 15.7. The summed E-state index contributed by atoms with van der Waals surface area (Å²) in [5, 5.41) is 16.5. The first-order valence-corrected chi connectivity index (χ1v) is 10.3. The molecule has 3 nitrogen and oxygen atoms in total. The van der Waals surface area contributed by atoms with Gasteiger partial charge in [0.15, 0.2) is 0 Å². The number of halogens is 17. The van der Waals surface area contributed by atoms with Gasteiger partial charge in [-0.1, -0.05) is 6.92 Å². The summed E-state index contributed by atoms with van der Waals surface area (Å²) in [6, 6.07) is 0. The summed E-state index contributed by atoms with van der Waals surface area (Å²) in [4.78, 5) is 9.00. The maximum atomic E-state index is 13.5. The van der Waals surface area contributed by atoms with Crippen LogP contribution in [0, 0.1) is 0 Å². The smallest absolute Gasteiger partial charge is 0.460 e. The Kier molecular flexibility index (Phi) is 12.0. The number of aliphatic carboxylic acids is 1. The summed E-state index contributed by atoms with van der Waals surface area (Å²) < 4.78 is 222. The third-order valence-electron chi connectivity index (χ3n) is 4.13. The van der Waals surface area contributed by atoms with Crippen molar-refractivity contribution in [2.24, 2.45) is 0 Å². The lowest BCUT2D eigenvalue weighted by molar-refractivity contribution is -0.461. The molecule has 0 fully saturated rings. The lowest BCUT2D eigenvalue weighted by Gasteiger charge is -2.42. The van der Waals surface area contributed by atoms with Crippen molar-refractivity contribution in [1.82, 2.24) is 0 Å². The van der Waals surface area contributed by atoms with E-state index in [9.17, 15) is 74.6 Å². The number of aliphatic hydroxyl groups excluding tert-OH is 1. The topological polar surface area (TPSA) is 57.5 Å². The number of rotatable bonds is 12. The molecule has 0 aliphatic heterocycles. The fraction of sp³-hybridized carbons (Fsp3) is 0.938. The Hall–Kier alpha value is -1.41. The van der Waals surface area contributed by atoms with Gasteiger partial charge in [0.2, 0.25) is 0 Å². The van der Waals surface area contributed by atoms with Crippen molar-refractivity contribution in [2.45, 2.75) is 80.4 Å². The zero-order valence-corrected chi connectivity index (χ0v) is 18.9. The van der Waals surface area contributed by atoms with Crippen molar-refractivity contribution < 1.29 is 89.6 Å². The second-order valence-corrected chi connectivity index (χ2v) is 8.20. The molecule has 2 N–H and O–H groups in total. The summed E-state index contributed by atoms with van der Waals surface area (Å²) in [5.74, 6) is -58.7. The molecule has 0 saturated heterocycles. The van der Waals surface area contributed by atoms with Crippen LogP contribution in [0.5, 0.6) is 0 Å². The molecule has 0 amide bonds. The predicted octanol–water partition coefficient (Wildman–Crippen LogP) is 6.98. The van der Waals surface area contributed by atoms with E-state index in [1.807, 2.05) is 0 Å². The van der Waals surface area contributed by atoms with E-state index in [-0.39, 0.29) is 18.2 Å². The predicted molar refractivity (Wildman–Crippen MR) is 92.2 cm³/mol. The van der Waals surface area contributed by atoms with Crippen LogP contribution in [-0.2, 0) is 4.79 Å². The zero-order chi connectivity index (χ0) is 30.7. The molecule has 21 heteroatoms. The highest BCUT2D eigenvalue weighted by atomic mass is 32.2. The number of thioether (sulfide) groups is 1. The minimum Gasteiger partial charge on any atom is -0.481 e. The van der Waals surface area contributed by atoms with Gasteiger partial charge in [-0.05, 0) is 12.2 Å². The fourth-order valence-corrected chi connectivity index (χ4v) is 2.97. The first-order valence-electron chi connectivity index (χ1n) is 9.10. The molecule has 0 spiro atoms. The van der Waals surface area contributed by atoms with Gasteiger partial charge in [-0.2, -0.15) is 86.4 Å². The second kappa shape index (κ2) is 11.8. The molecule has 0 bridgehead atoms. The van der Waals surface area contributed by atoms with Crippen LogP contribution in [-0.4, -0.2) is 81.4 Å². The van der Waals surface area contributed by atoms with E-state index in [0.717, 1.165) is 6.92 Å². The monoisotopic (exact) mass is 612 g/mol. The molecule has 1 atom stereocenters. The third kappa shape index (κ3) is 7.17. The Morgan fingerprint density at radius 1 is 0.676 bits per heavy atom. The van der Waals surface area contributed by atoms with E-state index in [2.05, 4.69) is 0 Å². The Morgan fingerprint density at radius 3 is 1.27 bits per heavy atom. The molecule has 0 aromatic heterocycles. The van der Waals surface area contributed by atoms with Crippen LogP contribution < -0.4 is 0 Å². The highest BCUT2D eigenvalue weighted by molar-refractivity contribution is 7.99. The Morgan fingerprint density at radius 2 is 0.973 bits per heavy atom. The minimum atomic E-state index is -8.61. The summed E-state index contributed by atoms with van der Waals surface area (Å²) in [6.45, 7) is 2.44. The molecule has 0 radical (unpaired) electrons. The Labute approximate surface area is 200 Å². The molecule has 0 aliphatic rings. The van der Waals surface area contributed by atoms with Gasteiger partial charge in [0.25, 0.3) is 5.97 Å². The van der Waals surface area contributed by atoms with Crippen LogP contribution in [0.4, 0.5) is 74.6 Å². The highest BCUT2D eigenvalue weighted by Gasteiger charge is 2.95. The van der Waals surface area contributed by atoms with E-state index in [4.69, 9.17) is 15.0 Å². The number of carboxylic acids is 1. The van der Waals surface area contributed by atoms with Crippen LogP contribution >= 0.6 is 11.8 Å². The van der Waals surface area contributed by atoms with Gasteiger partial charge in [0.1, 0.15) is 0 Å². The Balaban J connectivity index is 0. The summed E-state index contributed by atoms with van der Waals surface area (Å²) >= 11 is 0.175. The largest absolute Gasteiger partial charge is 0.481 e. The standard InChI is InChI=1S/C14H13F17OS.C2H4O2/c1-2-6(32)5-33-4-3-7(15,16)8(17,18)9(19,20)10(21,22)11(23,24)12(25,26)13(27,28)14(29,30)31;1-2(3)4/h6,32H,2-5H2,1H3;1H3,(H,3,4). The van der Waals surface area contributed by atoms with Crippen molar-refractivity contribution in [3.05, 3.63) is 0 Å². The maximum Gasteiger partial charge on any atom is 0.460 e. The van der Waals surface area contributed by atoms with Gasteiger partial charge in [0, 0.05) is 19.1 Å². The van der Waals surface area contributed by atoms with Crippen LogP contribution in [0.25, 0.3) is 0 Å². The molecule has 0 aromatic carbocycles. The van der Waals surface area contributed by atoms with Crippen molar-refractivity contribution in [1.29, 1.82) is 0 Å². The van der Waals surface area contributed by atoms with Crippen molar-refractivity contribution in [3.63, 3.8) is 0 Å². The van der Waals surface area contributed by atoms with Crippen LogP contribution in [0.2, 0.25) is 0 Å². The summed E-state index contributed by atoms with van der Waals surface area (Å²) in [5.41, 5.74) is 0. The molecular weight excluding hydrogens is 595 g/mol. The lowest BCUT2D eigenvalue weighted by atomic mass is 9.88. The number of carbonyl (C=O) groups is 1. The van der Waals surface area contributed by atoms with Crippen LogP contribution in [0.3, 0.4) is 0 Å². The first-order chi connectivity index (χ1) is 15.9. The van der Waals surface area contributed by atoms with E-state index >= 15 is 0 Å². The lowest BCUT2D eigenvalue weighted by Crippen LogP contribution is -2.74. The molecule has 0 saturated carbocycles. The molecule has 0 heterocycles. The average Bonchev–Trinajstić information content (AvgIpc) is 2.68. The molecular formula is C16H17F17O3S. The Bertz CT molecular complexity index is 747. The zero-order valence-electron chi connectivity index (χ0n) is 18.0. The van der Waals surface area contributed by atoms with E-state index in [0.29, 0.717) is 0 Å². The van der Waals surface area contributed by atoms with Crippen molar-refractivity contribution >= 4 is 17.7 Å². The number of alkyl halides is 17. The SMILES string of the molecule is CC(=O)O.CCC(O)CSCCC(F)(F)C(F)(F)C(F)(F)C(F)(F)C(F)(F)C(F)(F)C(F)(F)C(F)(F)F. The van der Waals surface area contributed by atoms with Gasteiger partial charge in [-0.25, -0.2) is 0 Å². The van der Waals surface area contributed by atoms with Crippen LogP contribution in [0.1, 0.15) is 26.7 Å². The van der Waals surface area contributed by atoms with Gasteiger partial charge in [-0.3, -0.25) is 4.79 Å². The second-order valence-electron chi connectivity index (χ2n) is 7.05. The molecule has 1 unspecified atom stereocenters. The summed E-state index contributed by atoms with van der Waals surface area (Å²) in [7, 11) is 0. The van der Waals surface area contributed by atoms with Gasteiger partial charge >= 0.3 is 47.6 Å². The van der Waals surface area contributed by atoms with Crippen molar-refractivity contribution in [3.8, 4) is 0 Å². The first kappa shape index (κ1) is 37.7.